The average Bonchev–Trinajstić information content (AvgIpc) is 3.20. The monoisotopic (exact) mass is 499 g/mol. The number of carbonyl (C=O) groups is 2. The SMILES string of the molecule is CCOP(=O)(OCC)c1cnc(CC(=O)C(CC2CCCCC2)N2Cc3ccccc3C2=O)cn1. The summed E-state index contributed by atoms with van der Waals surface area (Å²) in [4.78, 5) is 37.1. The highest BCUT2D eigenvalue weighted by Crippen LogP contribution is 2.45. The summed E-state index contributed by atoms with van der Waals surface area (Å²) in [6.45, 7) is 4.35. The molecular formula is C26H34N3O5P. The fraction of sp³-hybridized carbons (Fsp3) is 0.538. The van der Waals surface area contributed by atoms with Gasteiger partial charge in [0.15, 0.2) is 11.2 Å². The molecule has 1 atom stereocenters. The van der Waals surface area contributed by atoms with E-state index < -0.39 is 13.6 Å². The van der Waals surface area contributed by atoms with Gasteiger partial charge in [-0.2, -0.15) is 0 Å². The lowest BCUT2D eigenvalue weighted by atomic mass is 9.83. The van der Waals surface area contributed by atoms with Crippen molar-refractivity contribution in [1.82, 2.24) is 14.9 Å². The Kier molecular flexibility index (Phi) is 8.47. The first-order valence-corrected chi connectivity index (χ1v) is 14.1. The number of nitrogens with zero attached hydrogens (tertiary/aromatic N) is 3. The van der Waals surface area contributed by atoms with E-state index in [0.29, 0.717) is 30.1 Å². The topological polar surface area (TPSA) is 98.7 Å². The van der Waals surface area contributed by atoms with Crippen LogP contribution >= 0.6 is 7.60 Å². The molecule has 2 aromatic rings. The third kappa shape index (κ3) is 5.88. The number of amides is 1. The fourth-order valence-corrected chi connectivity index (χ4v) is 6.50. The molecule has 1 saturated carbocycles. The van der Waals surface area contributed by atoms with Gasteiger partial charge in [-0.1, -0.05) is 50.3 Å². The summed E-state index contributed by atoms with van der Waals surface area (Å²) in [6, 6.07) is 7.07. The molecule has 1 aromatic heterocycles. The van der Waals surface area contributed by atoms with Gasteiger partial charge in [0.1, 0.15) is 0 Å². The zero-order valence-electron chi connectivity index (χ0n) is 20.5. The third-order valence-electron chi connectivity index (χ3n) is 6.80. The van der Waals surface area contributed by atoms with Crippen molar-refractivity contribution in [1.29, 1.82) is 0 Å². The van der Waals surface area contributed by atoms with Crippen LogP contribution in [0.2, 0.25) is 0 Å². The summed E-state index contributed by atoms with van der Waals surface area (Å²) < 4.78 is 23.6. The van der Waals surface area contributed by atoms with Crippen LogP contribution in [-0.4, -0.2) is 45.8 Å². The second kappa shape index (κ2) is 11.5. The Morgan fingerprint density at radius 1 is 1.09 bits per heavy atom. The molecule has 1 amide bonds. The van der Waals surface area contributed by atoms with Gasteiger partial charge in [0.25, 0.3) is 5.91 Å². The minimum Gasteiger partial charge on any atom is -0.324 e. The largest absolute Gasteiger partial charge is 0.381 e. The molecule has 35 heavy (non-hydrogen) atoms. The number of hydrogen-bond acceptors (Lipinski definition) is 7. The lowest BCUT2D eigenvalue weighted by molar-refractivity contribution is -0.123. The molecule has 0 N–H and O–H groups in total. The molecule has 0 bridgehead atoms. The van der Waals surface area contributed by atoms with Crippen LogP contribution < -0.4 is 5.44 Å². The quantitative estimate of drug-likeness (QED) is 0.421. The molecule has 1 fully saturated rings. The van der Waals surface area contributed by atoms with Gasteiger partial charge in [-0.15, -0.1) is 0 Å². The fourth-order valence-electron chi connectivity index (χ4n) is 5.09. The number of carbonyl (C=O) groups excluding carboxylic acids is 2. The normalized spacial score (nSPS) is 17.4. The Morgan fingerprint density at radius 3 is 2.43 bits per heavy atom. The molecule has 8 nitrogen and oxygen atoms in total. The smallest absolute Gasteiger partial charge is 0.324 e. The van der Waals surface area contributed by atoms with E-state index >= 15 is 0 Å². The molecule has 0 spiro atoms. The Labute approximate surface area is 207 Å². The maximum Gasteiger partial charge on any atom is 0.381 e. The van der Waals surface area contributed by atoms with Crippen LogP contribution in [0.4, 0.5) is 0 Å². The number of hydrogen-bond donors (Lipinski definition) is 0. The van der Waals surface area contributed by atoms with E-state index in [-0.39, 0.29) is 36.8 Å². The standard InChI is InChI=1S/C26H34N3O5P/c1-3-33-35(32,34-4-2)25-17-27-21(16-28-25)15-24(30)23(14-19-10-6-5-7-11-19)29-18-20-12-8-9-13-22(20)26(29)31/h8-9,12-13,16-17,19,23H,3-7,10-11,14-15,18H2,1-2H3. The maximum absolute atomic E-state index is 13.6. The van der Waals surface area contributed by atoms with Crippen molar-refractivity contribution >= 4 is 24.7 Å². The van der Waals surface area contributed by atoms with Crippen LogP contribution in [-0.2, 0) is 31.4 Å². The van der Waals surface area contributed by atoms with E-state index in [1.54, 1.807) is 18.7 Å². The van der Waals surface area contributed by atoms with Crippen LogP contribution in [0.5, 0.6) is 0 Å². The van der Waals surface area contributed by atoms with Crippen LogP contribution in [0, 0.1) is 5.92 Å². The summed E-state index contributed by atoms with van der Waals surface area (Å²) in [6.07, 6.45) is 9.32. The van der Waals surface area contributed by atoms with E-state index in [1.165, 1.54) is 31.7 Å². The number of rotatable bonds is 11. The Morgan fingerprint density at radius 2 is 1.80 bits per heavy atom. The van der Waals surface area contributed by atoms with Crippen molar-refractivity contribution in [3.05, 3.63) is 53.5 Å². The van der Waals surface area contributed by atoms with E-state index in [9.17, 15) is 14.2 Å². The Bertz CT molecular complexity index is 1070. The van der Waals surface area contributed by atoms with Crippen LogP contribution in [0.1, 0.15) is 74.0 Å². The molecule has 1 aromatic carbocycles. The lowest BCUT2D eigenvalue weighted by Gasteiger charge is -2.31. The second-order valence-corrected chi connectivity index (χ2v) is 11.2. The van der Waals surface area contributed by atoms with E-state index in [4.69, 9.17) is 9.05 Å². The predicted octanol–water partition coefficient (Wildman–Crippen LogP) is 4.47. The first-order valence-electron chi connectivity index (χ1n) is 12.6. The zero-order chi connectivity index (χ0) is 24.8. The minimum atomic E-state index is -3.54. The van der Waals surface area contributed by atoms with E-state index in [1.807, 2.05) is 24.3 Å². The molecule has 1 unspecified atom stereocenters. The summed E-state index contributed by atoms with van der Waals surface area (Å²) in [5.41, 5.74) is 2.24. The van der Waals surface area contributed by atoms with Crippen LogP contribution in [0.3, 0.4) is 0 Å². The first kappa shape index (κ1) is 25.7. The Balaban J connectivity index is 1.52. The molecular weight excluding hydrogens is 465 g/mol. The van der Waals surface area contributed by atoms with Gasteiger partial charge in [0, 0.05) is 18.3 Å². The highest BCUT2D eigenvalue weighted by atomic mass is 31.2. The first-order chi connectivity index (χ1) is 16.9. The molecule has 1 aliphatic carbocycles. The molecule has 9 heteroatoms. The van der Waals surface area contributed by atoms with Crippen molar-refractivity contribution in [2.24, 2.45) is 5.92 Å². The molecule has 2 aliphatic rings. The van der Waals surface area contributed by atoms with Crippen LogP contribution in [0.25, 0.3) is 0 Å². The molecule has 0 radical (unpaired) electrons. The van der Waals surface area contributed by atoms with Gasteiger partial charge in [-0.3, -0.25) is 19.1 Å². The molecule has 2 heterocycles. The zero-order valence-corrected chi connectivity index (χ0v) is 21.4. The summed E-state index contributed by atoms with van der Waals surface area (Å²) in [5.74, 6) is 0.313. The minimum absolute atomic E-state index is 0.0448. The molecule has 4 rings (SSSR count). The highest BCUT2D eigenvalue weighted by Gasteiger charge is 2.37. The molecule has 0 saturated heterocycles. The number of aromatic nitrogens is 2. The summed E-state index contributed by atoms with van der Waals surface area (Å²) in [5, 5.41) is 0. The van der Waals surface area contributed by atoms with Gasteiger partial charge in [0.2, 0.25) is 0 Å². The average molecular weight is 500 g/mol. The van der Waals surface area contributed by atoms with E-state index in [0.717, 1.165) is 18.4 Å². The maximum atomic E-state index is 13.6. The molecule has 1 aliphatic heterocycles. The third-order valence-corrected chi connectivity index (χ3v) is 8.79. The van der Waals surface area contributed by atoms with Gasteiger partial charge < -0.3 is 13.9 Å². The van der Waals surface area contributed by atoms with Gasteiger partial charge in [0.05, 0.1) is 37.6 Å². The van der Waals surface area contributed by atoms with Crippen molar-refractivity contribution in [3.8, 4) is 0 Å². The number of benzene rings is 1. The van der Waals surface area contributed by atoms with Gasteiger partial charge in [-0.25, -0.2) is 4.98 Å². The summed E-state index contributed by atoms with van der Waals surface area (Å²) in [7, 11) is -3.54. The van der Waals surface area contributed by atoms with Crippen molar-refractivity contribution in [2.75, 3.05) is 13.2 Å². The van der Waals surface area contributed by atoms with Crippen molar-refractivity contribution in [2.45, 2.75) is 71.4 Å². The number of fused-ring (bicyclic) bond motifs is 1. The highest BCUT2D eigenvalue weighted by molar-refractivity contribution is 7.61. The van der Waals surface area contributed by atoms with Crippen molar-refractivity contribution in [3.63, 3.8) is 0 Å². The number of ketones is 1. The molecule has 188 valence electrons. The van der Waals surface area contributed by atoms with Gasteiger partial charge >= 0.3 is 7.60 Å². The van der Waals surface area contributed by atoms with Gasteiger partial charge in [-0.05, 0) is 37.8 Å². The van der Waals surface area contributed by atoms with Crippen LogP contribution in [0.15, 0.2) is 36.7 Å². The number of Topliss-reactive ketones (excluding diaryl/α,β-unsaturated/α-hetero) is 1. The summed E-state index contributed by atoms with van der Waals surface area (Å²) >= 11 is 0. The van der Waals surface area contributed by atoms with Crippen molar-refractivity contribution < 1.29 is 23.2 Å². The predicted molar refractivity (Wildman–Crippen MR) is 133 cm³/mol. The van der Waals surface area contributed by atoms with E-state index in [2.05, 4.69) is 9.97 Å². The second-order valence-electron chi connectivity index (χ2n) is 9.19. The lowest BCUT2D eigenvalue weighted by Crippen LogP contribution is -2.43. The Hall–Kier alpha value is -2.41.